The number of fused-ring (bicyclic) bond motifs is 1. The Morgan fingerprint density at radius 2 is 2.22 bits per heavy atom. The number of methoxy groups -OCH3 is 1. The molecule has 3 heterocycles. The third-order valence-electron chi connectivity index (χ3n) is 4.83. The first-order valence-electron chi connectivity index (χ1n) is 9.63. The van der Waals surface area contributed by atoms with E-state index in [1.807, 2.05) is 0 Å². The Kier molecular flexibility index (Phi) is 5.80. The SMILES string of the molecule is COc1cc(-c2cc(F)cc(C)c2NC(=O)N=[S@](N)(=O)c2cnn3c2OCCC3)ccn1. The number of hydrogen-bond donors (Lipinski definition) is 2. The zero-order valence-corrected chi connectivity index (χ0v) is 18.2. The van der Waals surface area contributed by atoms with Crippen LogP contribution < -0.4 is 19.9 Å². The average molecular weight is 460 g/mol. The predicted molar refractivity (Wildman–Crippen MR) is 115 cm³/mol. The number of nitrogens with two attached hydrogens (primary N) is 1. The van der Waals surface area contributed by atoms with Gasteiger partial charge in [-0.3, -0.25) is 0 Å². The van der Waals surface area contributed by atoms with Crippen molar-refractivity contribution in [3.8, 4) is 22.9 Å². The van der Waals surface area contributed by atoms with Crippen LogP contribution in [0, 0.1) is 12.7 Å². The summed E-state index contributed by atoms with van der Waals surface area (Å²) in [5.74, 6) is 0.0691. The first-order chi connectivity index (χ1) is 15.3. The van der Waals surface area contributed by atoms with Crippen molar-refractivity contribution in [2.45, 2.75) is 24.8 Å². The molecule has 1 aliphatic rings. The standard InChI is InChI=1S/C20H21FN6O4S/c1-12-8-14(21)10-15(13-4-5-23-17(9-13)30-2)18(12)25-20(28)26-32(22,29)16-11-24-27-6-3-7-31-19(16)27/h4-5,8-11H,3,6-7H2,1-2H3,(H3,22,25,26,28,29)/t32-/m0/s1. The summed E-state index contributed by atoms with van der Waals surface area (Å²) in [5.41, 5.74) is 1.66. The van der Waals surface area contributed by atoms with Crippen LogP contribution in [0.25, 0.3) is 11.1 Å². The molecule has 0 bridgehead atoms. The summed E-state index contributed by atoms with van der Waals surface area (Å²) in [6, 6.07) is 4.82. The number of anilines is 1. The Morgan fingerprint density at radius 1 is 1.41 bits per heavy atom. The lowest BCUT2D eigenvalue weighted by atomic mass is 10.0. The number of hydrogen-bond acceptors (Lipinski definition) is 6. The van der Waals surface area contributed by atoms with Gasteiger partial charge >= 0.3 is 6.03 Å². The van der Waals surface area contributed by atoms with E-state index < -0.39 is 21.8 Å². The summed E-state index contributed by atoms with van der Waals surface area (Å²) in [6.45, 7) is 2.64. The highest BCUT2D eigenvalue weighted by atomic mass is 32.2. The van der Waals surface area contributed by atoms with Crippen molar-refractivity contribution in [1.82, 2.24) is 14.8 Å². The van der Waals surface area contributed by atoms with Crippen molar-refractivity contribution in [2.75, 3.05) is 19.0 Å². The minimum atomic E-state index is -3.64. The van der Waals surface area contributed by atoms with Crippen molar-refractivity contribution in [3.63, 3.8) is 0 Å². The van der Waals surface area contributed by atoms with E-state index in [9.17, 15) is 13.4 Å². The molecule has 0 unspecified atom stereocenters. The number of ether oxygens (including phenoxy) is 2. The second kappa shape index (κ2) is 8.55. The maximum absolute atomic E-state index is 14.2. The molecule has 0 radical (unpaired) electrons. The highest BCUT2D eigenvalue weighted by Crippen LogP contribution is 2.33. The van der Waals surface area contributed by atoms with E-state index in [1.54, 1.807) is 19.1 Å². The van der Waals surface area contributed by atoms with Crippen molar-refractivity contribution < 1.29 is 22.9 Å². The number of rotatable bonds is 4. The highest BCUT2D eigenvalue weighted by molar-refractivity contribution is 7.91. The molecule has 3 aromatic rings. The fourth-order valence-corrected chi connectivity index (χ4v) is 4.38. The van der Waals surface area contributed by atoms with Gasteiger partial charge in [0.05, 0.1) is 25.6 Å². The van der Waals surface area contributed by atoms with Crippen LogP contribution in [0.5, 0.6) is 11.8 Å². The van der Waals surface area contributed by atoms with Crippen LogP contribution in [0.2, 0.25) is 0 Å². The quantitative estimate of drug-likeness (QED) is 0.614. The number of amides is 2. The van der Waals surface area contributed by atoms with E-state index in [-0.39, 0.29) is 16.5 Å². The molecule has 0 saturated carbocycles. The van der Waals surface area contributed by atoms with Crippen LogP contribution in [0.15, 0.2) is 45.9 Å². The van der Waals surface area contributed by atoms with Gasteiger partial charge in [-0.15, -0.1) is 4.36 Å². The molecule has 32 heavy (non-hydrogen) atoms. The number of nitrogens with zero attached hydrogens (tertiary/aromatic N) is 4. The summed E-state index contributed by atoms with van der Waals surface area (Å²) in [7, 11) is -2.18. The summed E-state index contributed by atoms with van der Waals surface area (Å²) in [5, 5.41) is 12.6. The zero-order chi connectivity index (χ0) is 22.9. The van der Waals surface area contributed by atoms with Crippen LogP contribution in [0.4, 0.5) is 14.9 Å². The van der Waals surface area contributed by atoms with Gasteiger partial charge < -0.3 is 14.8 Å². The van der Waals surface area contributed by atoms with Gasteiger partial charge in [-0.1, -0.05) is 0 Å². The molecule has 0 saturated heterocycles. The van der Waals surface area contributed by atoms with Gasteiger partial charge in [0.25, 0.3) is 0 Å². The molecule has 2 aromatic heterocycles. The Labute approximate surface area is 183 Å². The topological polar surface area (TPSA) is 134 Å². The molecule has 0 aliphatic carbocycles. The summed E-state index contributed by atoms with van der Waals surface area (Å²) >= 11 is 0. The van der Waals surface area contributed by atoms with Gasteiger partial charge in [-0.05, 0) is 36.2 Å². The number of aromatic nitrogens is 3. The lowest BCUT2D eigenvalue weighted by molar-refractivity contribution is 0.224. The molecule has 4 rings (SSSR count). The van der Waals surface area contributed by atoms with Crippen LogP contribution >= 0.6 is 0 Å². The fourth-order valence-electron chi connectivity index (χ4n) is 3.37. The number of halogens is 1. The van der Waals surface area contributed by atoms with Gasteiger partial charge in [-0.25, -0.2) is 28.2 Å². The second-order valence-corrected chi connectivity index (χ2v) is 8.82. The molecular weight excluding hydrogens is 439 g/mol. The van der Waals surface area contributed by atoms with Gasteiger partial charge in [0.15, 0.2) is 9.92 Å². The van der Waals surface area contributed by atoms with Crippen LogP contribution in [-0.4, -0.2) is 38.7 Å². The van der Waals surface area contributed by atoms with Crippen molar-refractivity contribution in [2.24, 2.45) is 9.50 Å². The van der Waals surface area contributed by atoms with E-state index in [0.29, 0.717) is 35.7 Å². The molecule has 3 N–H and O–H groups in total. The highest BCUT2D eigenvalue weighted by Gasteiger charge is 2.24. The van der Waals surface area contributed by atoms with Gasteiger partial charge in [0, 0.05) is 30.8 Å². The Balaban J connectivity index is 1.70. The van der Waals surface area contributed by atoms with Crippen LogP contribution in [-0.2, 0) is 16.5 Å². The Bertz CT molecular complexity index is 1320. The molecule has 168 valence electrons. The normalized spacial score (nSPS) is 14.6. The molecule has 0 fully saturated rings. The predicted octanol–water partition coefficient (Wildman–Crippen LogP) is 3.12. The molecule has 1 atom stereocenters. The molecular formula is C20H21FN6O4S. The summed E-state index contributed by atoms with van der Waals surface area (Å²) in [6.07, 6.45) is 3.54. The summed E-state index contributed by atoms with van der Waals surface area (Å²) in [4.78, 5) is 16.8. The van der Waals surface area contributed by atoms with E-state index >= 15 is 0 Å². The van der Waals surface area contributed by atoms with Crippen molar-refractivity contribution in [3.05, 3.63) is 48.0 Å². The van der Waals surface area contributed by atoms with E-state index in [4.69, 9.17) is 14.6 Å². The van der Waals surface area contributed by atoms with E-state index in [2.05, 4.69) is 19.8 Å². The maximum Gasteiger partial charge on any atom is 0.354 e. The van der Waals surface area contributed by atoms with E-state index in [0.717, 1.165) is 6.42 Å². The lowest BCUT2D eigenvalue weighted by Gasteiger charge is -2.16. The molecule has 2 amide bonds. The number of carbonyl (C=O) groups is 1. The van der Waals surface area contributed by atoms with Crippen molar-refractivity contribution in [1.29, 1.82) is 0 Å². The van der Waals surface area contributed by atoms with Gasteiger partial charge in [0.2, 0.25) is 11.8 Å². The summed E-state index contributed by atoms with van der Waals surface area (Å²) < 4.78 is 43.0. The number of aryl methyl sites for hydroxylation is 2. The number of urea groups is 1. The maximum atomic E-state index is 14.2. The average Bonchev–Trinajstić information content (AvgIpc) is 3.20. The van der Waals surface area contributed by atoms with Crippen molar-refractivity contribution >= 4 is 21.6 Å². The third-order valence-corrected chi connectivity index (χ3v) is 6.18. The van der Waals surface area contributed by atoms with Crippen LogP contribution in [0.3, 0.4) is 0 Å². The number of nitrogens with one attached hydrogen (secondary N) is 1. The Hall–Kier alpha value is -3.51. The molecule has 1 aromatic carbocycles. The fraction of sp³-hybridized carbons (Fsp3) is 0.250. The number of benzene rings is 1. The second-order valence-electron chi connectivity index (χ2n) is 7.06. The first kappa shape index (κ1) is 21.7. The zero-order valence-electron chi connectivity index (χ0n) is 17.4. The molecule has 1 aliphatic heterocycles. The minimum absolute atomic E-state index is 0.0438. The van der Waals surface area contributed by atoms with Gasteiger partial charge in [0.1, 0.15) is 10.7 Å². The van der Waals surface area contributed by atoms with Crippen LogP contribution in [0.1, 0.15) is 12.0 Å². The smallest absolute Gasteiger partial charge is 0.354 e. The minimum Gasteiger partial charge on any atom is -0.481 e. The monoisotopic (exact) mass is 460 g/mol. The molecule has 0 spiro atoms. The number of pyridine rings is 1. The first-order valence-corrected chi connectivity index (χ1v) is 11.2. The lowest BCUT2D eigenvalue weighted by Crippen LogP contribution is -2.21. The van der Waals surface area contributed by atoms with E-state index in [1.165, 1.54) is 36.3 Å². The number of carbonyl (C=O) groups excluding carboxylic acids is 1. The Morgan fingerprint density at radius 3 is 3.00 bits per heavy atom. The third kappa shape index (κ3) is 4.27. The molecule has 10 nitrogen and oxygen atoms in total. The van der Waals surface area contributed by atoms with Gasteiger partial charge in [-0.2, -0.15) is 5.10 Å². The molecule has 12 heteroatoms. The largest absolute Gasteiger partial charge is 0.481 e.